The molecule has 0 fully saturated rings. The van der Waals surface area contributed by atoms with Gasteiger partial charge in [-0.1, -0.05) is 15.9 Å². The lowest BCUT2D eigenvalue weighted by molar-refractivity contribution is 0.182. The molecule has 1 atom stereocenters. The van der Waals surface area contributed by atoms with Crippen molar-refractivity contribution in [2.75, 3.05) is 0 Å². The highest BCUT2D eigenvalue weighted by Gasteiger charge is 2.15. The first-order valence-corrected chi connectivity index (χ1v) is 8.23. The summed E-state index contributed by atoms with van der Waals surface area (Å²) in [6.45, 7) is 0. The van der Waals surface area contributed by atoms with E-state index in [9.17, 15) is 9.50 Å². The third-order valence-corrected chi connectivity index (χ3v) is 6.54. The van der Waals surface area contributed by atoms with Crippen molar-refractivity contribution in [2.24, 2.45) is 0 Å². The van der Waals surface area contributed by atoms with Crippen LogP contribution >= 0.6 is 59.1 Å². The van der Waals surface area contributed by atoms with E-state index >= 15 is 0 Å². The summed E-state index contributed by atoms with van der Waals surface area (Å²) < 4.78 is 15.8. The standard InChI is InChI=1S/C12H8Br3FOS/c13-8-2-1-7(16)3-6(8)4-10(17)11-5-9(14)12(15)18-11/h1-3,5,10,17H,4H2. The number of aliphatic hydroxyl groups excluding tert-OH is 1. The summed E-state index contributed by atoms with van der Waals surface area (Å²) in [6.07, 6.45) is -0.270. The summed E-state index contributed by atoms with van der Waals surface area (Å²) in [5.41, 5.74) is 0.753. The fraction of sp³-hybridized carbons (Fsp3) is 0.167. The monoisotopic (exact) mass is 456 g/mol. The molecule has 0 radical (unpaired) electrons. The Balaban J connectivity index is 2.20. The Kier molecular flexibility index (Phi) is 4.99. The van der Waals surface area contributed by atoms with E-state index < -0.39 is 6.10 Å². The van der Waals surface area contributed by atoms with E-state index in [1.54, 1.807) is 6.07 Å². The van der Waals surface area contributed by atoms with Gasteiger partial charge in [-0.2, -0.15) is 0 Å². The van der Waals surface area contributed by atoms with Crippen molar-refractivity contribution in [2.45, 2.75) is 12.5 Å². The molecule has 18 heavy (non-hydrogen) atoms. The fourth-order valence-electron chi connectivity index (χ4n) is 1.54. The Labute approximate surface area is 133 Å². The Morgan fingerprint density at radius 3 is 2.50 bits per heavy atom. The predicted octanol–water partition coefficient (Wildman–Crippen LogP) is 5.45. The molecule has 1 aromatic heterocycles. The van der Waals surface area contributed by atoms with Crippen molar-refractivity contribution < 1.29 is 9.50 Å². The maximum absolute atomic E-state index is 13.2. The van der Waals surface area contributed by atoms with Gasteiger partial charge in [0.2, 0.25) is 0 Å². The molecule has 0 saturated carbocycles. The van der Waals surface area contributed by atoms with Crippen molar-refractivity contribution in [1.82, 2.24) is 0 Å². The highest BCUT2D eigenvalue weighted by molar-refractivity contribution is 9.13. The minimum Gasteiger partial charge on any atom is -0.387 e. The molecule has 0 aliphatic heterocycles. The molecule has 0 amide bonds. The molecular formula is C12H8Br3FOS. The van der Waals surface area contributed by atoms with Gasteiger partial charge < -0.3 is 5.11 Å². The summed E-state index contributed by atoms with van der Waals surface area (Å²) >= 11 is 11.6. The second kappa shape index (κ2) is 6.13. The van der Waals surface area contributed by atoms with Crippen LogP contribution in [0.2, 0.25) is 0 Å². The van der Waals surface area contributed by atoms with E-state index in [-0.39, 0.29) is 5.82 Å². The molecule has 6 heteroatoms. The van der Waals surface area contributed by atoms with E-state index in [0.717, 1.165) is 23.2 Å². The summed E-state index contributed by atoms with van der Waals surface area (Å²) in [5, 5.41) is 10.2. The fourth-order valence-corrected chi connectivity index (χ4v) is 4.02. The van der Waals surface area contributed by atoms with Gasteiger partial charge in [0.05, 0.1) is 9.89 Å². The van der Waals surface area contributed by atoms with E-state index in [0.29, 0.717) is 6.42 Å². The zero-order chi connectivity index (χ0) is 13.3. The van der Waals surface area contributed by atoms with Gasteiger partial charge in [-0.3, -0.25) is 0 Å². The number of hydrogen-bond acceptors (Lipinski definition) is 2. The number of aliphatic hydroxyl groups is 1. The lowest BCUT2D eigenvalue weighted by Gasteiger charge is -2.10. The average molecular weight is 459 g/mol. The molecule has 0 aliphatic carbocycles. The molecule has 1 unspecified atom stereocenters. The molecule has 0 bridgehead atoms. The maximum Gasteiger partial charge on any atom is 0.123 e. The van der Waals surface area contributed by atoms with Crippen LogP contribution in [0.25, 0.3) is 0 Å². The molecule has 1 N–H and O–H groups in total. The highest BCUT2D eigenvalue weighted by Crippen LogP contribution is 2.37. The topological polar surface area (TPSA) is 20.2 Å². The second-order valence-corrected chi connectivity index (χ2v) is 7.84. The summed E-state index contributed by atoms with van der Waals surface area (Å²) in [6, 6.07) is 6.34. The lowest BCUT2D eigenvalue weighted by atomic mass is 10.1. The molecule has 0 saturated heterocycles. The van der Waals surface area contributed by atoms with Gasteiger partial charge in [0, 0.05) is 20.2 Å². The van der Waals surface area contributed by atoms with Crippen LogP contribution in [0.5, 0.6) is 0 Å². The van der Waals surface area contributed by atoms with Gasteiger partial charge in [0.15, 0.2) is 0 Å². The minimum atomic E-state index is -0.643. The number of thiophene rings is 1. The van der Waals surface area contributed by atoms with Crippen LogP contribution in [-0.2, 0) is 6.42 Å². The summed E-state index contributed by atoms with van der Waals surface area (Å²) in [7, 11) is 0. The SMILES string of the molecule is OC(Cc1cc(F)ccc1Br)c1cc(Br)c(Br)s1. The molecule has 2 rings (SSSR count). The molecule has 2 aromatic rings. The van der Waals surface area contributed by atoms with Crippen LogP contribution in [-0.4, -0.2) is 5.11 Å². The molecule has 1 aromatic carbocycles. The van der Waals surface area contributed by atoms with Crippen molar-refractivity contribution in [3.05, 3.63) is 53.3 Å². The second-order valence-electron chi connectivity index (χ2n) is 3.73. The number of hydrogen-bond donors (Lipinski definition) is 1. The first kappa shape index (κ1) is 14.7. The summed E-state index contributed by atoms with van der Waals surface area (Å²) in [5.74, 6) is -0.297. The van der Waals surface area contributed by atoms with Gasteiger partial charge in [-0.25, -0.2) is 4.39 Å². The van der Waals surface area contributed by atoms with Crippen LogP contribution in [0, 0.1) is 5.82 Å². The quantitative estimate of drug-likeness (QED) is 0.648. The number of benzene rings is 1. The van der Waals surface area contributed by atoms with Gasteiger partial charge in [-0.05, 0) is 61.7 Å². The van der Waals surface area contributed by atoms with Crippen molar-refractivity contribution in [3.8, 4) is 0 Å². The van der Waals surface area contributed by atoms with Gasteiger partial charge in [0.25, 0.3) is 0 Å². The van der Waals surface area contributed by atoms with Crippen LogP contribution < -0.4 is 0 Å². The van der Waals surface area contributed by atoms with Crippen LogP contribution in [0.15, 0.2) is 37.0 Å². The van der Waals surface area contributed by atoms with Crippen LogP contribution in [0.4, 0.5) is 4.39 Å². The molecule has 96 valence electrons. The van der Waals surface area contributed by atoms with Gasteiger partial charge in [0.1, 0.15) is 5.82 Å². The third kappa shape index (κ3) is 3.42. The van der Waals surface area contributed by atoms with E-state index in [1.165, 1.54) is 23.5 Å². The van der Waals surface area contributed by atoms with Crippen LogP contribution in [0.1, 0.15) is 16.5 Å². The largest absolute Gasteiger partial charge is 0.387 e. The first-order chi connectivity index (χ1) is 8.47. The summed E-state index contributed by atoms with van der Waals surface area (Å²) in [4.78, 5) is 0.838. The molecule has 0 spiro atoms. The molecule has 1 nitrogen and oxygen atoms in total. The van der Waals surface area contributed by atoms with Crippen molar-refractivity contribution in [3.63, 3.8) is 0 Å². The van der Waals surface area contributed by atoms with Gasteiger partial charge >= 0.3 is 0 Å². The Bertz CT molecular complexity index is 551. The Hall–Kier alpha value is 0.250. The number of rotatable bonds is 3. The Morgan fingerprint density at radius 1 is 1.17 bits per heavy atom. The van der Waals surface area contributed by atoms with Gasteiger partial charge in [-0.15, -0.1) is 11.3 Å². The van der Waals surface area contributed by atoms with E-state index in [2.05, 4.69) is 47.8 Å². The smallest absolute Gasteiger partial charge is 0.123 e. The van der Waals surface area contributed by atoms with Crippen molar-refractivity contribution in [1.29, 1.82) is 0 Å². The molecular weight excluding hydrogens is 451 g/mol. The lowest BCUT2D eigenvalue weighted by Crippen LogP contribution is -2.00. The average Bonchev–Trinajstić information content (AvgIpc) is 2.64. The molecule has 0 aliphatic rings. The minimum absolute atomic E-state index is 0.297. The highest BCUT2D eigenvalue weighted by atomic mass is 79.9. The zero-order valence-corrected chi connectivity index (χ0v) is 14.5. The van der Waals surface area contributed by atoms with Crippen molar-refractivity contribution >= 4 is 59.1 Å². The normalized spacial score (nSPS) is 12.7. The Morgan fingerprint density at radius 2 is 1.89 bits per heavy atom. The third-order valence-electron chi connectivity index (χ3n) is 2.41. The van der Waals surface area contributed by atoms with E-state index in [1.807, 2.05) is 6.07 Å². The maximum atomic E-state index is 13.2. The zero-order valence-electron chi connectivity index (χ0n) is 8.96. The van der Waals surface area contributed by atoms with E-state index in [4.69, 9.17) is 0 Å². The number of halogens is 4. The molecule has 1 heterocycles. The predicted molar refractivity (Wildman–Crippen MR) is 82.5 cm³/mol. The first-order valence-electron chi connectivity index (χ1n) is 5.04. The van der Waals surface area contributed by atoms with Crippen LogP contribution in [0.3, 0.4) is 0 Å².